The first-order valence-electron chi connectivity index (χ1n) is 6.69. The zero-order valence-electron chi connectivity index (χ0n) is 12.3. The van der Waals surface area contributed by atoms with Crippen LogP contribution in [0.5, 0.6) is 0 Å². The van der Waals surface area contributed by atoms with Gasteiger partial charge in [0.25, 0.3) is 0 Å². The number of benzene rings is 1. The number of aromatic nitrogens is 2. The highest BCUT2D eigenvalue weighted by molar-refractivity contribution is 6.04. The Balaban J connectivity index is 2.51. The minimum Gasteiger partial charge on any atom is -0.461 e. The molecule has 0 aliphatic heterocycles. The number of carbonyl (C=O) groups is 2. The van der Waals surface area contributed by atoms with Crippen molar-refractivity contribution < 1.29 is 27.5 Å². The molecule has 1 heterocycles. The van der Waals surface area contributed by atoms with E-state index >= 15 is 0 Å². The third-order valence-electron chi connectivity index (χ3n) is 3.00. The highest BCUT2D eigenvalue weighted by atomic mass is 19.4. The Labute approximate surface area is 129 Å². The molecule has 8 heteroatoms. The fourth-order valence-corrected chi connectivity index (χ4v) is 1.94. The minimum absolute atomic E-state index is 0.0131. The summed E-state index contributed by atoms with van der Waals surface area (Å²) in [7, 11) is 0. The molecule has 0 amide bonds. The molecular weight excluding hydrogens is 313 g/mol. The van der Waals surface area contributed by atoms with Crippen molar-refractivity contribution in [1.82, 2.24) is 9.78 Å². The van der Waals surface area contributed by atoms with E-state index in [9.17, 15) is 22.8 Å². The summed E-state index contributed by atoms with van der Waals surface area (Å²) in [6.07, 6.45) is -3.29. The standard InChI is InChI=1S/C15H13F3N2O3/c1-3-23-14(22)13-12(9(2)21)8-20(19-13)11-6-4-5-10(7-11)15(16,17)18/h4-8H,3H2,1-2H3. The van der Waals surface area contributed by atoms with Crippen LogP contribution in [0.3, 0.4) is 0 Å². The topological polar surface area (TPSA) is 61.2 Å². The summed E-state index contributed by atoms with van der Waals surface area (Å²) in [6, 6.07) is 4.41. The summed E-state index contributed by atoms with van der Waals surface area (Å²) in [5.41, 5.74) is -1.01. The van der Waals surface area contributed by atoms with Crippen LogP contribution in [0.25, 0.3) is 5.69 Å². The van der Waals surface area contributed by atoms with Crippen LogP contribution in [0.2, 0.25) is 0 Å². The molecule has 1 aromatic heterocycles. The number of ketones is 1. The molecule has 0 atom stereocenters. The van der Waals surface area contributed by atoms with E-state index in [1.54, 1.807) is 6.92 Å². The number of hydrogen-bond acceptors (Lipinski definition) is 4. The first kappa shape index (κ1) is 16.7. The highest BCUT2D eigenvalue weighted by Gasteiger charge is 2.31. The lowest BCUT2D eigenvalue weighted by Crippen LogP contribution is -2.10. The maximum Gasteiger partial charge on any atom is 0.416 e. The van der Waals surface area contributed by atoms with Crippen molar-refractivity contribution in [3.63, 3.8) is 0 Å². The Morgan fingerprint density at radius 3 is 2.57 bits per heavy atom. The molecule has 122 valence electrons. The van der Waals surface area contributed by atoms with E-state index in [0.29, 0.717) is 0 Å². The van der Waals surface area contributed by atoms with E-state index in [-0.39, 0.29) is 23.6 Å². The number of esters is 1. The lowest BCUT2D eigenvalue weighted by Gasteiger charge is -2.08. The zero-order chi connectivity index (χ0) is 17.2. The van der Waals surface area contributed by atoms with Crippen molar-refractivity contribution in [2.24, 2.45) is 0 Å². The van der Waals surface area contributed by atoms with Gasteiger partial charge in [0.05, 0.1) is 23.4 Å². The Morgan fingerprint density at radius 1 is 1.30 bits per heavy atom. The van der Waals surface area contributed by atoms with Gasteiger partial charge in [0, 0.05) is 6.20 Å². The number of nitrogens with zero attached hydrogens (tertiary/aromatic N) is 2. The van der Waals surface area contributed by atoms with Crippen LogP contribution in [0, 0.1) is 0 Å². The molecule has 0 unspecified atom stereocenters. The van der Waals surface area contributed by atoms with Crippen molar-refractivity contribution in [2.45, 2.75) is 20.0 Å². The first-order chi connectivity index (χ1) is 10.7. The first-order valence-corrected chi connectivity index (χ1v) is 6.69. The van der Waals surface area contributed by atoms with Gasteiger partial charge in [-0.3, -0.25) is 4.79 Å². The van der Waals surface area contributed by atoms with Crippen LogP contribution in [0.4, 0.5) is 13.2 Å². The summed E-state index contributed by atoms with van der Waals surface area (Å²) in [6.45, 7) is 2.91. The average molecular weight is 326 g/mol. The molecule has 0 saturated carbocycles. The van der Waals surface area contributed by atoms with Gasteiger partial charge >= 0.3 is 12.1 Å². The minimum atomic E-state index is -4.50. The van der Waals surface area contributed by atoms with Gasteiger partial charge in [-0.1, -0.05) is 6.07 Å². The Morgan fingerprint density at radius 2 is 2.00 bits per heavy atom. The lowest BCUT2D eigenvalue weighted by atomic mass is 10.2. The third-order valence-corrected chi connectivity index (χ3v) is 3.00. The van der Waals surface area contributed by atoms with E-state index in [0.717, 1.165) is 16.8 Å². The van der Waals surface area contributed by atoms with Gasteiger partial charge in [0.15, 0.2) is 11.5 Å². The van der Waals surface area contributed by atoms with Crippen LogP contribution < -0.4 is 0 Å². The van der Waals surface area contributed by atoms with Crippen molar-refractivity contribution in [3.8, 4) is 5.69 Å². The SMILES string of the molecule is CCOC(=O)c1nn(-c2cccc(C(F)(F)F)c2)cc1C(C)=O. The van der Waals surface area contributed by atoms with Crippen molar-refractivity contribution >= 4 is 11.8 Å². The zero-order valence-corrected chi connectivity index (χ0v) is 12.3. The largest absolute Gasteiger partial charge is 0.461 e. The van der Waals surface area contributed by atoms with Gasteiger partial charge in [-0.25, -0.2) is 9.48 Å². The molecule has 0 aliphatic carbocycles. The van der Waals surface area contributed by atoms with Gasteiger partial charge in [0.2, 0.25) is 0 Å². The molecule has 0 aliphatic rings. The van der Waals surface area contributed by atoms with Crippen molar-refractivity contribution in [1.29, 1.82) is 0 Å². The maximum atomic E-state index is 12.8. The Kier molecular flexibility index (Phi) is 4.53. The molecule has 2 aromatic rings. The van der Waals surface area contributed by atoms with Gasteiger partial charge in [-0.2, -0.15) is 18.3 Å². The van der Waals surface area contributed by atoms with Crippen molar-refractivity contribution in [2.75, 3.05) is 6.61 Å². The number of hydrogen-bond donors (Lipinski definition) is 0. The van der Waals surface area contributed by atoms with Gasteiger partial charge in [0.1, 0.15) is 0 Å². The number of carbonyl (C=O) groups excluding carboxylic acids is 2. The summed E-state index contributed by atoms with van der Waals surface area (Å²) in [4.78, 5) is 23.4. The maximum absolute atomic E-state index is 12.8. The van der Waals surface area contributed by atoms with E-state index in [1.165, 1.54) is 25.3 Å². The average Bonchev–Trinajstić information content (AvgIpc) is 2.92. The molecule has 0 saturated heterocycles. The quantitative estimate of drug-likeness (QED) is 0.639. The monoisotopic (exact) mass is 326 g/mol. The second kappa shape index (κ2) is 6.23. The Bertz CT molecular complexity index is 751. The van der Waals surface area contributed by atoms with Gasteiger partial charge < -0.3 is 4.74 Å². The molecule has 5 nitrogen and oxygen atoms in total. The van der Waals surface area contributed by atoms with E-state index in [2.05, 4.69) is 5.10 Å². The van der Waals surface area contributed by atoms with Crippen molar-refractivity contribution in [3.05, 3.63) is 47.3 Å². The third kappa shape index (κ3) is 3.58. The molecule has 0 spiro atoms. The normalized spacial score (nSPS) is 11.3. The van der Waals surface area contributed by atoms with Crippen LogP contribution in [-0.4, -0.2) is 28.1 Å². The van der Waals surface area contributed by atoms with Gasteiger partial charge in [-0.05, 0) is 32.0 Å². The number of alkyl halides is 3. The predicted octanol–water partition coefficient (Wildman–Crippen LogP) is 3.27. The molecule has 0 bridgehead atoms. The fourth-order valence-electron chi connectivity index (χ4n) is 1.94. The Hall–Kier alpha value is -2.64. The number of rotatable bonds is 4. The second-order valence-corrected chi connectivity index (χ2v) is 4.66. The summed E-state index contributed by atoms with van der Waals surface area (Å²) < 4.78 is 44.2. The smallest absolute Gasteiger partial charge is 0.416 e. The lowest BCUT2D eigenvalue weighted by molar-refractivity contribution is -0.137. The van der Waals surface area contributed by atoms with E-state index < -0.39 is 23.5 Å². The highest BCUT2D eigenvalue weighted by Crippen LogP contribution is 2.30. The van der Waals surface area contributed by atoms with Gasteiger partial charge in [-0.15, -0.1) is 0 Å². The number of Topliss-reactive ketones (excluding diaryl/α,β-unsaturated/α-hetero) is 1. The second-order valence-electron chi connectivity index (χ2n) is 4.66. The van der Waals surface area contributed by atoms with Crippen LogP contribution in [0.15, 0.2) is 30.5 Å². The predicted molar refractivity (Wildman–Crippen MR) is 74.5 cm³/mol. The molecule has 0 N–H and O–H groups in total. The van der Waals surface area contributed by atoms with E-state index in [4.69, 9.17) is 4.74 Å². The van der Waals surface area contributed by atoms with Crippen LogP contribution in [0.1, 0.15) is 40.3 Å². The summed E-state index contributed by atoms with van der Waals surface area (Å²) in [5, 5.41) is 3.90. The van der Waals surface area contributed by atoms with Crippen LogP contribution in [-0.2, 0) is 10.9 Å². The molecule has 1 aromatic carbocycles. The molecule has 2 rings (SSSR count). The summed E-state index contributed by atoms with van der Waals surface area (Å²) in [5.74, 6) is -1.24. The number of halogens is 3. The summed E-state index contributed by atoms with van der Waals surface area (Å²) >= 11 is 0. The molecule has 23 heavy (non-hydrogen) atoms. The molecule has 0 fully saturated rings. The fraction of sp³-hybridized carbons (Fsp3) is 0.267. The van der Waals surface area contributed by atoms with E-state index in [1.807, 2.05) is 0 Å². The van der Waals surface area contributed by atoms with Crippen LogP contribution >= 0.6 is 0 Å². The molecular formula is C15H13F3N2O3. The molecule has 0 radical (unpaired) electrons. The number of ether oxygens (including phenoxy) is 1.